The van der Waals surface area contributed by atoms with Crippen LogP contribution in [0.4, 0.5) is 0 Å². The molecule has 0 bridgehead atoms. The van der Waals surface area contributed by atoms with Crippen LogP contribution < -0.4 is 15.9 Å². The molecule has 0 fully saturated rings. The molecule has 0 aliphatic rings. The van der Waals surface area contributed by atoms with Crippen LogP contribution >= 0.6 is 7.26 Å². The van der Waals surface area contributed by atoms with Crippen LogP contribution in [0.1, 0.15) is 20.8 Å². The van der Waals surface area contributed by atoms with Gasteiger partial charge in [0, 0.05) is 0 Å². The largest absolute Gasteiger partial charge is 0.269 e. The SMILES string of the molecule is CCN(CC)C(C)[P+](c1ccccc1)(c1ccccc1)c1ccccc1. The van der Waals surface area contributed by atoms with Crippen LogP contribution in [-0.4, -0.2) is 23.8 Å². The topological polar surface area (TPSA) is 3.24 Å². The Morgan fingerprint density at radius 1 is 0.615 bits per heavy atom. The van der Waals surface area contributed by atoms with E-state index in [4.69, 9.17) is 0 Å². The van der Waals surface area contributed by atoms with E-state index in [9.17, 15) is 0 Å². The summed E-state index contributed by atoms with van der Waals surface area (Å²) in [6.07, 6.45) is 0. The molecule has 0 radical (unpaired) electrons. The van der Waals surface area contributed by atoms with E-state index in [1.807, 2.05) is 0 Å². The maximum absolute atomic E-state index is 2.61. The molecule has 2 heteroatoms. The van der Waals surface area contributed by atoms with Crippen molar-refractivity contribution in [2.24, 2.45) is 0 Å². The molecule has 0 N–H and O–H groups in total. The summed E-state index contributed by atoms with van der Waals surface area (Å²) in [4.78, 5) is 2.61. The fourth-order valence-electron chi connectivity index (χ4n) is 4.08. The highest BCUT2D eigenvalue weighted by Gasteiger charge is 2.51. The first-order valence-corrected chi connectivity index (χ1v) is 11.4. The molecule has 0 saturated heterocycles. The Labute approximate surface area is 159 Å². The standard InChI is InChI=1S/C24H29NP/c1-4-25(5-2)21(3)26(22-15-9-6-10-16-22,23-17-11-7-12-18-23)24-19-13-8-14-20-24/h6-21H,4-5H2,1-3H3/q+1. The number of nitrogens with zero attached hydrogens (tertiary/aromatic N) is 1. The molecule has 0 spiro atoms. The van der Waals surface area contributed by atoms with Gasteiger partial charge in [0.15, 0.2) is 0 Å². The minimum absolute atomic E-state index is 0.435. The summed E-state index contributed by atoms with van der Waals surface area (Å²) in [5.41, 5.74) is 0. The Morgan fingerprint density at radius 2 is 0.923 bits per heavy atom. The third-order valence-electron chi connectivity index (χ3n) is 5.39. The molecule has 1 unspecified atom stereocenters. The Kier molecular flexibility index (Phi) is 6.25. The second kappa shape index (κ2) is 8.62. The van der Waals surface area contributed by atoms with Crippen molar-refractivity contribution in [3.63, 3.8) is 0 Å². The lowest BCUT2D eigenvalue weighted by atomic mass is 10.3. The van der Waals surface area contributed by atoms with E-state index in [0.717, 1.165) is 13.1 Å². The van der Waals surface area contributed by atoms with E-state index in [2.05, 4.69) is 117 Å². The van der Waals surface area contributed by atoms with Crippen molar-refractivity contribution in [1.29, 1.82) is 0 Å². The van der Waals surface area contributed by atoms with Gasteiger partial charge in [-0.15, -0.1) is 0 Å². The minimum Gasteiger partial charge on any atom is -0.269 e. The van der Waals surface area contributed by atoms with Gasteiger partial charge in [-0.3, -0.25) is 4.90 Å². The molecule has 0 amide bonds. The molecule has 0 saturated carbocycles. The summed E-state index contributed by atoms with van der Waals surface area (Å²) in [6.45, 7) is 9.09. The van der Waals surface area contributed by atoms with Crippen LogP contribution in [0.5, 0.6) is 0 Å². The normalized spacial score (nSPS) is 12.9. The molecule has 3 aromatic rings. The molecule has 1 atom stereocenters. The average molecular weight is 362 g/mol. The lowest BCUT2D eigenvalue weighted by Gasteiger charge is -2.38. The Hall–Kier alpha value is -1.95. The van der Waals surface area contributed by atoms with E-state index in [1.54, 1.807) is 0 Å². The van der Waals surface area contributed by atoms with Gasteiger partial charge in [0.25, 0.3) is 0 Å². The van der Waals surface area contributed by atoms with Crippen LogP contribution in [0.25, 0.3) is 0 Å². The van der Waals surface area contributed by atoms with Gasteiger partial charge < -0.3 is 0 Å². The molecular formula is C24H29NP+. The molecule has 0 aliphatic carbocycles. The third kappa shape index (κ3) is 3.34. The lowest BCUT2D eigenvalue weighted by Crippen LogP contribution is -2.46. The highest BCUT2D eigenvalue weighted by molar-refractivity contribution is 7.96. The predicted octanol–water partition coefficient (Wildman–Crippen LogP) is 4.67. The van der Waals surface area contributed by atoms with Gasteiger partial charge in [-0.2, -0.15) is 0 Å². The summed E-state index contributed by atoms with van der Waals surface area (Å²) in [5.74, 6) is 0.435. The quantitative estimate of drug-likeness (QED) is 0.552. The molecule has 134 valence electrons. The Bertz CT molecular complexity index is 686. The Morgan fingerprint density at radius 3 is 1.19 bits per heavy atom. The van der Waals surface area contributed by atoms with Crippen LogP contribution in [0, 0.1) is 0 Å². The van der Waals surface area contributed by atoms with Gasteiger partial charge in [0.05, 0.1) is 0 Å². The molecule has 3 rings (SSSR count). The van der Waals surface area contributed by atoms with Crippen molar-refractivity contribution in [3.05, 3.63) is 91.0 Å². The zero-order chi connectivity index (χ0) is 18.4. The highest BCUT2D eigenvalue weighted by atomic mass is 31.2. The van der Waals surface area contributed by atoms with E-state index < -0.39 is 7.26 Å². The molecule has 0 aliphatic heterocycles. The van der Waals surface area contributed by atoms with Crippen LogP contribution in [0.2, 0.25) is 0 Å². The second-order valence-corrected chi connectivity index (χ2v) is 10.3. The van der Waals surface area contributed by atoms with Crippen molar-refractivity contribution in [2.45, 2.75) is 26.6 Å². The first kappa shape index (κ1) is 18.8. The predicted molar refractivity (Wildman–Crippen MR) is 118 cm³/mol. The van der Waals surface area contributed by atoms with E-state index in [1.165, 1.54) is 15.9 Å². The fourth-order valence-corrected chi connectivity index (χ4v) is 9.01. The number of rotatable bonds is 7. The number of benzene rings is 3. The number of hydrogen-bond donors (Lipinski definition) is 0. The fraction of sp³-hybridized carbons (Fsp3) is 0.250. The number of hydrogen-bond acceptors (Lipinski definition) is 1. The zero-order valence-electron chi connectivity index (χ0n) is 16.0. The molecule has 0 aromatic heterocycles. The van der Waals surface area contributed by atoms with Gasteiger partial charge in [0.2, 0.25) is 0 Å². The van der Waals surface area contributed by atoms with Gasteiger partial charge in [-0.25, -0.2) is 0 Å². The molecular weight excluding hydrogens is 333 g/mol. The highest BCUT2D eigenvalue weighted by Crippen LogP contribution is 2.60. The van der Waals surface area contributed by atoms with E-state index in [0.29, 0.717) is 5.78 Å². The lowest BCUT2D eigenvalue weighted by molar-refractivity contribution is 0.293. The van der Waals surface area contributed by atoms with Crippen molar-refractivity contribution in [1.82, 2.24) is 4.90 Å². The summed E-state index contributed by atoms with van der Waals surface area (Å²) in [7, 11) is -1.81. The molecule has 1 nitrogen and oxygen atoms in total. The van der Waals surface area contributed by atoms with Crippen molar-refractivity contribution < 1.29 is 0 Å². The summed E-state index contributed by atoms with van der Waals surface area (Å²) < 4.78 is 0. The van der Waals surface area contributed by atoms with Gasteiger partial charge in [-0.1, -0.05) is 68.4 Å². The van der Waals surface area contributed by atoms with Gasteiger partial charge in [-0.05, 0) is 56.4 Å². The maximum Gasteiger partial charge on any atom is 0.133 e. The van der Waals surface area contributed by atoms with Gasteiger partial charge in [0.1, 0.15) is 29.0 Å². The van der Waals surface area contributed by atoms with Crippen LogP contribution in [0.15, 0.2) is 91.0 Å². The minimum atomic E-state index is -1.81. The average Bonchev–Trinajstić information content (AvgIpc) is 2.72. The van der Waals surface area contributed by atoms with Crippen molar-refractivity contribution >= 4 is 23.2 Å². The maximum atomic E-state index is 2.61. The summed E-state index contributed by atoms with van der Waals surface area (Å²) in [6, 6.07) is 33.4. The molecule has 3 aromatic carbocycles. The van der Waals surface area contributed by atoms with Crippen molar-refractivity contribution in [2.75, 3.05) is 13.1 Å². The molecule has 26 heavy (non-hydrogen) atoms. The van der Waals surface area contributed by atoms with E-state index >= 15 is 0 Å². The zero-order valence-corrected chi connectivity index (χ0v) is 16.9. The first-order valence-electron chi connectivity index (χ1n) is 9.54. The smallest absolute Gasteiger partial charge is 0.133 e. The summed E-state index contributed by atoms with van der Waals surface area (Å²) >= 11 is 0. The summed E-state index contributed by atoms with van der Waals surface area (Å²) in [5, 5.41) is 4.37. The van der Waals surface area contributed by atoms with Gasteiger partial charge >= 0.3 is 0 Å². The molecule has 0 heterocycles. The Balaban J connectivity index is 2.35. The monoisotopic (exact) mass is 362 g/mol. The van der Waals surface area contributed by atoms with Crippen LogP contribution in [0.3, 0.4) is 0 Å². The van der Waals surface area contributed by atoms with Crippen molar-refractivity contribution in [3.8, 4) is 0 Å². The first-order chi connectivity index (χ1) is 12.7. The van der Waals surface area contributed by atoms with Crippen LogP contribution in [-0.2, 0) is 0 Å². The second-order valence-electron chi connectivity index (χ2n) is 6.58. The van der Waals surface area contributed by atoms with E-state index in [-0.39, 0.29) is 0 Å². The third-order valence-corrected chi connectivity index (χ3v) is 10.2.